The Morgan fingerprint density at radius 2 is 1.88 bits per heavy atom. The van der Waals surface area contributed by atoms with Crippen LogP contribution in [-0.2, 0) is 9.36 Å². The van der Waals surface area contributed by atoms with Crippen LogP contribution in [0.2, 0.25) is 0 Å². The average molecular weight is 401 g/mol. The fourth-order valence-corrected chi connectivity index (χ4v) is 6.84. The van der Waals surface area contributed by atoms with Crippen molar-refractivity contribution < 1.29 is 14.1 Å². The second kappa shape index (κ2) is 12.4. The Bertz CT molecular complexity index is 571. The van der Waals surface area contributed by atoms with E-state index in [1.807, 2.05) is 37.3 Å². The first kappa shape index (κ1) is 23.1. The van der Waals surface area contributed by atoms with Crippen molar-refractivity contribution in [1.29, 1.82) is 0 Å². The maximum Gasteiger partial charge on any atom is 0.294 e. The lowest BCUT2D eigenvalue weighted by atomic mass is 10.1. The minimum Gasteiger partial charge on any atom is -0.494 e. The van der Waals surface area contributed by atoms with Crippen LogP contribution in [0.25, 0.3) is 0 Å². The molecule has 1 aromatic rings. The molecule has 0 aliphatic heterocycles. The maximum atomic E-state index is 12.9. The molecule has 1 aromatic carbocycles. The molecule has 0 heterocycles. The molecule has 7 heteroatoms. The summed E-state index contributed by atoms with van der Waals surface area (Å²) in [6.07, 6.45) is 5.13. The molecule has 0 bridgehead atoms. The SMILES string of the molecule is CCC(C)SP(=O)(NC)N(C)C(=O)CCCCCCOc1ccccc1. The number of carbonyl (C=O) groups is 1. The molecule has 0 spiro atoms. The summed E-state index contributed by atoms with van der Waals surface area (Å²) in [7, 11) is 3.30. The normalized spacial score (nSPS) is 14.5. The molecule has 1 rings (SSSR count). The van der Waals surface area contributed by atoms with Gasteiger partial charge in [-0.1, -0.05) is 56.3 Å². The first-order chi connectivity index (χ1) is 12.4. The third kappa shape index (κ3) is 8.15. The Balaban J connectivity index is 2.23. The monoisotopic (exact) mass is 400 g/mol. The van der Waals surface area contributed by atoms with E-state index in [2.05, 4.69) is 12.0 Å². The van der Waals surface area contributed by atoms with Crippen molar-refractivity contribution >= 4 is 23.9 Å². The summed E-state index contributed by atoms with van der Waals surface area (Å²) in [5, 5.41) is 3.11. The van der Waals surface area contributed by atoms with Gasteiger partial charge in [-0.05, 0) is 38.4 Å². The zero-order chi connectivity index (χ0) is 19.4. The number of ether oxygens (including phenoxy) is 1. The van der Waals surface area contributed by atoms with Crippen LogP contribution < -0.4 is 9.82 Å². The van der Waals surface area contributed by atoms with E-state index in [4.69, 9.17) is 4.74 Å². The van der Waals surface area contributed by atoms with E-state index in [0.717, 1.165) is 37.9 Å². The second-order valence-corrected chi connectivity index (χ2v) is 11.5. The zero-order valence-corrected chi connectivity index (χ0v) is 18.2. The van der Waals surface area contributed by atoms with E-state index >= 15 is 0 Å². The summed E-state index contributed by atoms with van der Waals surface area (Å²) in [4.78, 5) is 12.4. The quantitative estimate of drug-likeness (QED) is 0.358. The van der Waals surface area contributed by atoms with Gasteiger partial charge >= 0.3 is 0 Å². The van der Waals surface area contributed by atoms with E-state index in [-0.39, 0.29) is 11.2 Å². The molecule has 2 atom stereocenters. The number of amides is 1. The van der Waals surface area contributed by atoms with Gasteiger partial charge in [0.25, 0.3) is 6.65 Å². The van der Waals surface area contributed by atoms with Crippen LogP contribution in [0.15, 0.2) is 30.3 Å². The number of benzene rings is 1. The van der Waals surface area contributed by atoms with Gasteiger partial charge in [-0.15, -0.1) is 0 Å². The maximum absolute atomic E-state index is 12.9. The van der Waals surface area contributed by atoms with E-state index in [1.165, 1.54) is 16.1 Å². The molecule has 148 valence electrons. The number of hydrogen-bond donors (Lipinski definition) is 1. The van der Waals surface area contributed by atoms with Gasteiger partial charge in [-0.2, -0.15) is 0 Å². The van der Waals surface area contributed by atoms with Crippen molar-refractivity contribution in [2.75, 3.05) is 20.7 Å². The minimum atomic E-state index is -2.89. The highest BCUT2D eigenvalue weighted by Gasteiger charge is 2.31. The molecule has 1 N–H and O–H groups in total. The van der Waals surface area contributed by atoms with E-state index in [0.29, 0.717) is 13.0 Å². The molecular weight excluding hydrogens is 367 g/mol. The second-order valence-electron chi connectivity index (χ2n) is 6.31. The number of hydrogen-bond acceptors (Lipinski definition) is 4. The summed E-state index contributed by atoms with van der Waals surface area (Å²) < 4.78 is 20.0. The summed E-state index contributed by atoms with van der Waals surface area (Å²) in [5.41, 5.74) is 0. The van der Waals surface area contributed by atoms with Crippen molar-refractivity contribution in [3.8, 4) is 5.75 Å². The highest BCUT2D eigenvalue weighted by atomic mass is 32.7. The molecular formula is C19H33N2O3PS. The van der Waals surface area contributed by atoms with Gasteiger partial charge in [0.15, 0.2) is 0 Å². The minimum absolute atomic E-state index is 0.0565. The number of carbonyl (C=O) groups excluding carboxylic acids is 1. The number of unbranched alkanes of at least 4 members (excludes halogenated alkanes) is 3. The molecule has 0 radical (unpaired) electrons. The van der Waals surface area contributed by atoms with Crippen LogP contribution in [0, 0.1) is 0 Å². The molecule has 5 nitrogen and oxygen atoms in total. The predicted molar refractivity (Wildman–Crippen MR) is 112 cm³/mol. The van der Waals surface area contributed by atoms with E-state index in [9.17, 15) is 9.36 Å². The number of para-hydroxylation sites is 1. The largest absolute Gasteiger partial charge is 0.494 e. The smallest absolute Gasteiger partial charge is 0.294 e. The van der Waals surface area contributed by atoms with E-state index < -0.39 is 6.65 Å². The van der Waals surface area contributed by atoms with Crippen LogP contribution in [0.5, 0.6) is 5.75 Å². The molecule has 0 saturated carbocycles. The first-order valence-corrected chi connectivity index (χ1v) is 12.5. The lowest BCUT2D eigenvalue weighted by molar-refractivity contribution is -0.125. The molecule has 0 aliphatic carbocycles. The van der Waals surface area contributed by atoms with Gasteiger partial charge < -0.3 is 4.74 Å². The Morgan fingerprint density at radius 1 is 1.23 bits per heavy atom. The third-order valence-electron chi connectivity index (χ3n) is 4.23. The van der Waals surface area contributed by atoms with Crippen molar-refractivity contribution in [3.05, 3.63) is 30.3 Å². The van der Waals surface area contributed by atoms with Gasteiger partial charge in [0.1, 0.15) is 5.75 Å². The summed E-state index contributed by atoms with van der Waals surface area (Å²) in [6.45, 7) is 1.89. The lowest BCUT2D eigenvalue weighted by Crippen LogP contribution is -2.28. The average Bonchev–Trinajstić information content (AvgIpc) is 2.66. The highest BCUT2D eigenvalue weighted by molar-refractivity contribution is 8.57. The number of nitrogens with one attached hydrogen (secondary N) is 1. The lowest BCUT2D eigenvalue weighted by Gasteiger charge is -2.28. The Morgan fingerprint density at radius 3 is 2.50 bits per heavy atom. The summed E-state index contributed by atoms with van der Waals surface area (Å²) >= 11 is 1.36. The zero-order valence-electron chi connectivity index (χ0n) is 16.4. The van der Waals surface area contributed by atoms with E-state index in [1.54, 1.807) is 14.1 Å². The van der Waals surface area contributed by atoms with Gasteiger partial charge in [0.2, 0.25) is 5.91 Å². The molecule has 0 aromatic heterocycles. The first-order valence-electron chi connectivity index (χ1n) is 9.35. The van der Waals surface area contributed by atoms with Crippen LogP contribution in [0.1, 0.15) is 52.4 Å². The van der Waals surface area contributed by atoms with Crippen molar-refractivity contribution in [1.82, 2.24) is 9.76 Å². The predicted octanol–water partition coefficient (Wildman–Crippen LogP) is 5.33. The molecule has 1 amide bonds. The molecule has 0 saturated heterocycles. The van der Waals surface area contributed by atoms with Gasteiger partial charge in [-0.3, -0.25) is 14.0 Å². The van der Waals surface area contributed by atoms with Crippen LogP contribution >= 0.6 is 18.0 Å². The van der Waals surface area contributed by atoms with Crippen LogP contribution in [0.4, 0.5) is 0 Å². The van der Waals surface area contributed by atoms with Crippen molar-refractivity contribution in [2.45, 2.75) is 57.6 Å². The summed E-state index contributed by atoms with van der Waals surface area (Å²) in [6, 6.07) is 9.79. The van der Waals surface area contributed by atoms with Gasteiger partial charge in [-0.25, -0.2) is 5.09 Å². The Hall–Kier alpha value is -0.970. The fourth-order valence-electron chi connectivity index (χ4n) is 2.34. The number of rotatable bonds is 13. The Labute approximate surface area is 162 Å². The Kier molecular flexibility index (Phi) is 11.0. The molecule has 26 heavy (non-hydrogen) atoms. The van der Waals surface area contributed by atoms with Crippen LogP contribution in [-0.4, -0.2) is 36.5 Å². The molecule has 2 unspecified atom stereocenters. The molecule has 0 fully saturated rings. The number of nitrogens with zero attached hydrogens (tertiary/aromatic N) is 1. The van der Waals surface area contributed by atoms with Crippen molar-refractivity contribution in [3.63, 3.8) is 0 Å². The van der Waals surface area contributed by atoms with Gasteiger partial charge in [0.05, 0.1) is 6.61 Å². The van der Waals surface area contributed by atoms with Crippen molar-refractivity contribution in [2.24, 2.45) is 0 Å². The highest BCUT2D eigenvalue weighted by Crippen LogP contribution is 2.59. The molecule has 0 aliphatic rings. The van der Waals surface area contributed by atoms with Crippen LogP contribution in [0.3, 0.4) is 0 Å². The topological polar surface area (TPSA) is 58.6 Å². The third-order valence-corrected chi connectivity index (χ3v) is 10.0. The van der Waals surface area contributed by atoms with Gasteiger partial charge in [0, 0.05) is 18.7 Å². The summed E-state index contributed by atoms with van der Waals surface area (Å²) in [5.74, 6) is 0.838. The fraction of sp³-hybridized carbons (Fsp3) is 0.632. The standard InChI is InChI=1S/C19H33N2O3PS/c1-5-17(2)26-25(23,20-3)21(4)19(22)15-11-6-7-12-16-24-18-13-9-8-10-14-18/h8-10,13-14,17H,5-7,11-12,15-16H2,1-4H3,(H,20,23).